The molecule has 3 nitrogen and oxygen atoms in total. The van der Waals surface area contributed by atoms with Gasteiger partial charge in [-0.05, 0) is 43.1 Å². The molecule has 0 atom stereocenters. The summed E-state index contributed by atoms with van der Waals surface area (Å²) in [6.45, 7) is 12.0. The summed E-state index contributed by atoms with van der Waals surface area (Å²) in [7, 11) is 0. The van der Waals surface area contributed by atoms with Gasteiger partial charge in [-0.25, -0.2) is 0 Å². The van der Waals surface area contributed by atoms with Gasteiger partial charge < -0.3 is 5.32 Å². The minimum Gasteiger partial charge on any atom is -0.313 e. The largest absolute Gasteiger partial charge is 0.313 e. The second-order valence-electron chi connectivity index (χ2n) is 6.28. The van der Waals surface area contributed by atoms with E-state index in [0.717, 1.165) is 39.1 Å². The topological polar surface area (TPSA) is 28.2 Å². The number of likely N-dealkylation sites (N-methyl/N-ethyl adjacent to an activating group) is 1. The maximum Gasteiger partial charge on any atom is 0.0737 e. The molecule has 0 fully saturated rings. The van der Waals surface area contributed by atoms with Crippen LogP contribution in [0.3, 0.4) is 0 Å². The Morgan fingerprint density at radius 1 is 1.27 bits per heavy atom. The monoisotopic (exact) mass is 297 g/mol. The van der Waals surface area contributed by atoms with Crippen molar-refractivity contribution >= 4 is 10.9 Å². The first-order valence-corrected chi connectivity index (χ1v) is 8.57. The average Bonchev–Trinajstić information content (AvgIpc) is 2.55. The molecule has 0 saturated heterocycles. The molecule has 2 aromatic rings. The van der Waals surface area contributed by atoms with Crippen LogP contribution >= 0.6 is 0 Å². The molecule has 0 saturated carbocycles. The lowest BCUT2D eigenvalue weighted by Gasteiger charge is -2.29. The summed E-state index contributed by atoms with van der Waals surface area (Å²) in [5, 5.41) is 4.93. The number of pyridine rings is 1. The van der Waals surface area contributed by atoms with Crippen LogP contribution in [0.4, 0.5) is 0 Å². The van der Waals surface area contributed by atoms with Gasteiger partial charge in [-0.2, -0.15) is 0 Å². The molecule has 1 aliphatic heterocycles. The molecule has 1 aliphatic rings. The molecule has 0 spiro atoms. The maximum atomic E-state index is 5.02. The number of nitrogens with one attached hydrogen (secondary N) is 1. The van der Waals surface area contributed by atoms with E-state index in [4.69, 9.17) is 4.98 Å². The zero-order chi connectivity index (χ0) is 15.5. The zero-order valence-corrected chi connectivity index (χ0v) is 14.1. The van der Waals surface area contributed by atoms with Crippen molar-refractivity contribution in [1.29, 1.82) is 0 Å². The Morgan fingerprint density at radius 2 is 2.14 bits per heavy atom. The van der Waals surface area contributed by atoms with Crippen LogP contribution < -0.4 is 5.32 Å². The number of aryl methyl sites for hydroxylation is 1. The Bertz CT molecular complexity index is 663. The van der Waals surface area contributed by atoms with Gasteiger partial charge in [-0.15, -0.1) is 0 Å². The van der Waals surface area contributed by atoms with Crippen molar-refractivity contribution in [3.8, 4) is 0 Å². The highest BCUT2D eigenvalue weighted by Crippen LogP contribution is 2.29. The molecule has 3 heteroatoms. The second-order valence-corrected chi connectivity index (χ2v) is 6.28. The van der Waals surface area contributed by atoms with Gasteiger partial charge in [-0.1, -0.05) is 32.0 Å². The summed E-state index contributed by atoms with van der Waals surface area (Å²) in [6, 6.07) is 6.57. The zero-order valence-electron chi connectivity index (χ0n) is 14.1. The van der Waals surface area contributed by atoms with Gasteiger partial charge in [0.25, 0.3) is 0 Å². The first-order chi connectivity index (χ1) is 10.7. The standard InChI is InChI=1S/C19H27N3/c1-4-10-20-12-16-15-8-6-7-14(3)19(15)21-18-9-11-22(5-2)13-17(16)18/h6-8,20H,4-5,9-13H2,1-3H3. The minimum absolute atomic E-state index is 0.955. The third-order valence-corrected chi connectivity index (χ3v) is 4.74. The normalized spacial score (nSPS) is 15.2. The minimum atomic E-state index is 0.955. The lowest BCUT2D eigenvalue weighted by atomic mass is 9.94. The first-order valence-electron chi connectivity index (χ1n) is 8.57. The van der Waals surface area contributed by atoms with Crippen molar-refractivity contribution < 1.29 is 0 Å². The number of aromatic nitrogens is 1. The Kier molecular flexibility index (Phi) is 4.74. The van der Waals surface area contributed by atoms with Crippen LogP contribution in [0.15, 0.2) is 18.2 Å². The SMILES string of the molecule is CCCNCc1c2c(nc3c(C)cccc13)CCN(CC)C2. The van der Waals surface area contributed by atoms with Crippen LogP contribution in [0, 0.1) is 6.92 Å². The van der Waals surface area contributed by atoms with Gasteiger partial charge in [0.1, 0.15) is 0 Å². The van der Waals surface area contributed by atoms with E-state index in [0.29, 0.717) is 0 Å². The van der Waals surface area contributed by atoms with Crippen LogP contribution in [-0.4, -0.2) is 29.5 Å². The van der Waals surface area contributed by atoms with Gasteiger partial charge in [0.2, 0.25) is 0 Å². The van der Waals surface area contributed by atoms with Gasteiger partial charge in [-0.3, -0.25) is 9.88 Å². The fourth-order valence-electron chi connectivity index (χ4n) is 3.41. The third-order valence-electron chi connectivity index (χ3n) is 4.74. The number of hydrogen-bond donors (Lipinski definition) is 1. The number of benzene rings is 1. The van der Waals surface area contributed by atoms with Crippen LogP contribution in [0.1, 0.15) is 42.7 Å². The summed E-state index contributed by atoms with van der Waals surface area (Å²) >= 11 is 0. The summed E-state index contributed by atoms with van der Waals surface area (Å²) in [4.78, 5) is 7.54. The summed E-state index contributed by atoms with van der Waals surface area (Å²) < 4.78 is 0. The molecule has 3 rings (SSSR count). The fourth-order valence-corrected chi connectivity index (χ4v) is 3.41. The van der Waals surface area contributed by atoms with E-state index >= 15 is 0 Å². The molecule has 22 heavy (non-hydrogen) atoms. The molecule has 2 heterocycles. The van der Waals surface area contributed by atoms with Crippen molar-refractivity contribution in [1.82, 2.24) is 15.2 Å². The Balaban J connectivity index is 2.11. The van der Waals surface area contributed by atoms with Gasteiger partial charge in [0.05, 0.1) is 5.52 Å². The summed E-state index contributed by atoms with van der Waals surface area (Å²) in [5.41, 5.74) is 6.74. The van der Waals surface area contributed by atoms with Gasteiger partial charge in [0, 0.05) is 37.1 Å². The number of para-hydroxylation sites is 1. The van der Waals surface area contributed by atoms with Crippen molar-refractivity contribution in [2.75, 3.05) is 19.6 Å². The highest BCUT2D eigenvalue weighted by Gasteiger charge is 2.21. The maximum absolute atomic E-state index is 5.02. The van der Waals surface area contributed by atoms with Crippen molar-refractivity contribution in [2.24, 2.45) is 0 Å². The van der Waals surface area contributed by atoms with Gasteiger partial charge >= 0.3 is 0 Å². The summed E-state index contributed by atoms with van der Waals surface area (Å²) in [6.07, 6.45) is 2.25. The molecule has 1 aromatic carbocycles. The van der Waals surface area contributed by atoms with Crippen molar-refractivity contribution in [2.45, 2.75) is 46.7 Å². The van der Waals surface area contributed by atoms with E-state index in [-0.39, 0.29) is 0 Å². The Morgan fingerprint density at radius 3 is 2.91 bits per heavy atom. The second kappa shape index (κ2) is 6.76. The predicted octanol–water partition coefficient (Wildman–Crippen LogP) is 3.42. The third kappa shape index (κ3) is 2.88. The van der Waals surface area contributed by atoms with Crippen LogP contribution in [0.25, 0.3) is 10.9 Å². The van der Waals surface area contributed by atoms with E-state index in [9.17, 15) is 0 Å². The molecular formula is C19H27N3. The van der Waals surface area contributed by atoms with Gasteiger partial charge in [0.15, 0.2) is 0 Å². The molecule has 118 valence electrons. The highest BCUT2D eigenvalue weighted by molar-refractivity contribution is 5.86. The van der Waals surface area contributed by atoms with Crippen LogP contribution in [0.2, 0.25) is 0 Å². The molecule has 1 N–H and O–H groups in total. The first kappa shape index (κ1) is 15.4. The van der Waals surface area contributed by atoms with E-state index in [1.807, 2.05) is 0 Å². The molecule has 0 bridgehead atoms. The van der Waals surface area contributed by atoms with E-state index < -0.39 is 0 Å². The molecule has 0 radical (unpaired) electrons. The van der Waals surface area contributed by atoms with Crippen LogP contribution in [0.5, 0.6) is 0 Å². The number of nitrogens with zero attached hydrogens (tertiary/aromatic N) is 2. The molecule has 0 aliphatic carbocycles. The lowest BCUT2D eigenvalue weighted by Crippen LogP contribution is -2.32. The average molecular weight is 297 g/mol. The smallest absolute Gasteiger partial charge is 0.0737 e. The number of hydrogen-bond acceptors (Lipinski definition) is 3. The number of fused-ring (bicyclic) bond motifs is 2. The van der Waals surface area contributed by atoms with Crippen LogP contribution in [-0.2, 0) is 19.5 Å². The Hall–Kier alpha value is -1.45. The summed E-state index contributed by atoms with van der Waals surface area (Å²) in [5.74, 6) is 0. The van der Waals surface area contributed by atoms with E-state index in [1.54, 1.807) is 0 Å². The van der Waals surface area contributed by atoms with E-state index in [1.165, 1.54) is 39.7 Å². The molecule has 0 amide bonds. The number of rotatable bonds is 5. The lowest BCUT2D eigenvalue weighted by molar-refractivity contribution is 0.265. The fraction of sp³-hybridized carbons (Fsp3) is 0.526. The molecular weight excluding hydrogens is 270 g/mol. The van der Waals surface area contributed by atoms with E-state index in [2.05, 4.69) is 49.2 Å². The quantitative estimate of drug-likeness (QED) is 0.857. The molecule has 1 aromatic heterocycles. The molecule has 0 unspecified atom stereocenters. The van der Waals surface area contributed by atoms with Crippen molar-refractivity contribution in [3.63, 3.8) is 0 Å². The highest BCUT2D eigenvalue weighted by atomic mass is 15.1. The predicted molar refractivity (Wildman–Crippen MR) is 93.1 cm³/mol. The van der Waals surface area contributed by atoms with Crippen molar-refractivity contribution in [3.05, 3.63) is 40.6 Å². The Labute approximate surface area is 133 Å².